The molecule has 13 atom stereocenters. The molecule has 0 saturated carbocycles. The number of likely N-dealkylation sites (tertiary alicyclic amines) is 1. The number of aromatic amines is 2. The number of hydrogen-bond acceptors (Lipinski definition) is 21. The zero-order valence-electron chi connectivity index (χ0n) is 62.8. The molecule has 1 aliphatic heterocycles. The number of H-pyrrole nitrogens is 2. The maximum absolute atomic E-state index is 14.8. The fourth-order valence-corrected chi connectivity index (χ4v) is 12.6. The van der Waals surface area contributed by atoms with Gasteiger partial charge in [0, 0.05) is 104 Å². The van der Waals surface area contributed by atoms with Crippen molar-refractivity contribution in [3.05, 3.63) is 72.1 Å². The van der Waals surface area contributed by atoms with E-state index in [1.165, 1.54) is 32.7 Å². The van der Waals surface area contributed by atoms with Gasteiger partial charge in [-0.25, -0.2) is 4.79 Å². The molecule has 2 aromatic heterocycles. The largest absolute Gasteiger partial charge is 0.481 e. The van der Waals surface area contributed by atoms with Crippen molar-refractivity contribution in [1.29, 1.82) is 0 Å². The zero-order chi connectivity index (χ0) is 82.7. The van der Waals surface area contributed by atoms with Crippen LogP contribution in [0, 0.1) is 11.8 Å². The average molecular weight is 1590 g/mol. The first-order valence-electron chi connectivity index (χ1n) is 36.2. The van der Waals surface area contributed by atoms with Crippen LogP contribution in [0.5, 0.6) is 0 Å². The van der Waals surface area contributed by atoms with Crippen LogP contribution in [0.2, 0.25) is 0 Å². The molecule has 3 heterocycles. The third-order valence-corrected chi connectivity index (χ3v) is 19.1. The first-order valence-corrected chi connectivity index (χ1v) is 37.5. The molecule has 0 radical (unpaired) electrons. The standard InChI is InChI=1S/C72H102N16O21S2/c1-9-43(72(108)109)78-68(104)52-19-14-26-88(52)71(107)60(36(4)5)85-64(100)48(27-39-30-74-44-17-12-10-15-41(39)44)77-54(91)22-21-53(90)47(29-58(96)97)80-69(105)59(35(2)3)84-65(101)49(28-40-31-75-45-18-13-11-16-42(40)45)81-66(102)50(33-110)83-63(99)46(20-23-57(94)95)79-70(106)61(38(7)89)86-67(103)51(34-111)82-62(98)37(6)76-55(92)32-87(8)56(93)24-25-73/h10-13,15-18,30-31,35-38,43,46-52,59-61,74-75,89,110-111H,9,14,19-29,32-34,73H2,1-8H3,(H,76,92)(H,77,91)(H,78,104)(H,79,106)(H,80,105)(H,81,102)(H,82,98)(H,83,99)(H,84,101)(H,85,100)(H,86,103)(H,94,95)(H,96,97)(H,108,109)/t37-,38+,43-,46-,47-,48-,49-,50-,51-,52-,59-,60-,61-/m0/s1. The number of nitrogens with one attached hydrogen (secondary N) is 13. The van der Waals surface area contributed by atoms with Crippen LogP contribution in [0.25, 0.3) is 21.8 Å². The van der Waals surface area contributed by atoms with E-state index in [9.17, 15) is 102 Å². The number of amides is 13. The number of carboxylic acids is 3. The van der Waals surface area contributed by atoms with E-state index in [-0.39, 0.29) is 45.2 Å². The summed E-state index contributed by atoms with van der Waals surface area (Å²) in [5.41, 5.74) is 7.73. The number of Topliss-reactive ketones (excluding diaryl/α,β-unsaturated/α-hetero) is 1. The topological polar surface area (TPSA) is 568 Å². The number of rotatable bonds is 45. The molecule has 4 aromatic rings. The van der Waals surface area contributed by atoms with E-state index in [4.69, 9.17) is 5.73 Å². The lowest BCUT2D eigenvalue weighted by Gasteiger charge is -2.32. The number of hydrogen-bond donors (Lipinski definition) is 20. The van der Waals surface area contributed by atoms with Gasteiger partial charge in [-0.2, -0.15) is 25.3 Å². The van der Waals surface area contributed by atoms with E-state index < -0.39 is 241 Å². The predicted molar refractivity (Wildman–Crippen MR) is 407 cm³/mol. The number of benzene rings is 2. The summed E-state index contributed by atoms with van der Waals surface area (Å²) in [6.07, 6.45) is -2.16. The van der Waals surface area contributed by atoms with Crippen LogP contribution in [0.1, 0.15) is 117 Å². The maximum atomic E-state index is 14.8. The van der Waals surface area contributed by atoms with Crippen molar-refractivity contribution < 1.29 is 102 Å². The Bertz CT molecular complexity index is 4040. The van der Waals surface area contributed by atoms with Crippen LogP contribution in [0.15, 0.2) is 60.9 Å². The highest BCUT2D eigenvalue weighted by molar-refractivity contribution is 7.80. The number of nitrogens with zero attached hydrogens (tertiary/aromatic N) is 2. The van der Waals surface area contributed by atoms with E-state index >= 15 is 0 Å². The Balaban J connectivity index is 1.31. The summed E-state index contributed by atoms with van der Waals surface area (Å²) in [6.45, 7) is 9.98. The molecule has 0 unspecified atom stereocenters. The molecule has 1 aliphatic rings. The van der Waals surface area contributed by atoms with E-state index in [2.05, 4.69) is 93.7 Å². The molecule has 1 fully saturated rings. The van der Waals surface area contributed by atoms with Crippen molar-refractivity contribution in [2.75, 3.05) is 38.2 Å². The second-order valence-corrected chi connectivity index (χ2v) is 28.4. The fraction of sp³-hybridized carbons (Fsp3) is 0.542. The quantitative estimate of drug-likeness (QED) is 0.0201. The number of thiol groups is 2. The number of aliphatic hydroxyl groups is 1. The molecular formula is C72H102N16O21S2. The summed E-state index contributed by atoms with van der Waals surface area (Å²) in [4.78, 5) is 238. The highest BCUT2D eigenvalue weighted by atomic mass is 32.1. The fourth-order valence-electron chi connectivity index (χ4n) is 12.1. The molecule has 5 rings (SSSR count). The number of aliphatic carboxylic acids is 3. The van der Waals surface area contributed by atoms with E-state index in [0.29, 0.717) is 39.4 Å². The van der Waals surface area contributed by atoms with Crippen LogP contribution in [-0.2, 0) is 94.3 Å². The van der Waals surface area contributed by atoms with Gasteiger partial charge in [-0.05, 0) is 74.6 Å². The number of fused-ring (bicyclic) bond motifs is 2. The number of carbonyl (C=O) groups is 17. The number of nitrogens with two attached hydrogens (primary N) is 1. The number of carbonyl (C=O) groups excluding carboxylic acids is 14. The molecule has 0 spiro atoms. The number of aromatic nitrogens is 2. The predicted octanol–water partition coefficient (Wildman–Crippen LogP) is -2.68. The van der Waals surface area contributed by atoms with Crippen molar-refractivity contribution >= 4 is 148 Å². The third kappa shape index (κ3) is 27.1. The van der Waals surface area contributed by atoms with Gasteiger partial charge in [0.2, 0.25) is 76.8 Å². The second-order valence-electron chi connectivity index (χ2n) is 27.7. The second kappa shape index (κ2) is 43.7. The lowest BCUT2D eigenvalue weighted by atomic mass is 9.98. The van der Waals surface area contributed by atoms with Gasteiger partial charge >= 0.3 is 17.9 Å². The Hall–Kier alpha value is -10.7. The molecule has 0 aliphatic carbocycles. The smallest absolute Gasteiger partial charge is 0.326 e. The first-order chi connectivity index (χ1) is 52.4. The number of aliphatic hydroxyl groups excluding tert-OH is 1. The van der Waals surface area contributed by atoms with Gasteiger partial charge < -0.3 is 104 Å². The summed E-state index contributed by atoms with van der Waals surface area (Å²) in [6, 6.07) is -4.23. The van der Waals surface area contributed by atoms with E-state index in [0.717, 1.165) is 11.8 Å². The van der Waals surface area contributed by atoms with Gasteiger partial charge in [-0.3, -0.25) is 76.7 Å². The minimum atomic E-state index is -1.90. The molecule has 2 aromatic carbocycles. The molecular weight excluding hydrogens is 1490 g/mol. The minimum absolute atomic E-state index is 0.0338. The normalized spacial score (nSPS) is 15.9. The first kappa shape index (κ1) is 90.9. The lowest BCUT2D eigenvalue weighted by Crippen LogP contribution is -2.62. The molecule has 608 valence electrons. The van der Waals surface area contributed by atoms with Gasteiger partial charge in [-0.1, -0.05) is 71.0 Å². The van der Waals surface area contributed by atoms with Crippen LogP contribution in [0.3, 0.4) is 0 Å². The van der Waals surface area contributed by atoms with E-state index in [1.54, 1.807) is 81.7 Å². The molecule has 1 saturated heterocycles. The van der Waals surface area contributed by atoms with E-state index in [1.807, 2.05) is 0 Å². The van der Waals surface area contributed by atoms with Crippen LogP contribution < -0.4 is 64.2 Å². The summed E-state index contributed by atoms with van der Waals surface area (Å²) in [5.74, 6) is -19.4. The van der Waals surface area contributed by atoms with Gasteiger partial charge in [0.1, 0.15) is 66.5 Å². The third-order valence-electron chi connectivity index (χ3n) is 18.4. The van der Waals surface area contributed by atoms with Crippen molar-refractivity contribution in [3.8, 4) is 0 Å². The molecule has 111 heavy (non-hydrogen) atoms. The Labute approximate surface area is 650 Å². The van der Waals surface area contributed by atoms with Crippen LogP contribution in [0.4, 0.5) is 0 Å². The summed E-state index contributed by atoms with van der Waals surface area (Å²) >= 11 is 8.39. The number of carboxylic acid groups (broad SMARTS) is 3. The van der Waals surface area contributed by atoms with Crippen LogP contribution >= 0.6 is 25.3 Å². The van der Waals surface area contributed by atoms with Crippen LogP contribution in [-0.4, -0.2) is 257 Å². The van der Waals surface area contributed by atoms with Crippen molar-refractivity contribution in [1.82, 2.24) is 78.3 Å². The SMILES string of the molecule is CC[C@H](NC(=O)[C@@H]1CCCN1C(=O)[C@@H](NC(=O)[C@H](Cc1c[nH]c2ccccc12)NC(=O)CCC(=O)[C@H](CC(=O)O)NC(=O)[C@@H](NC(=O)[C@H](Cc1c[nH]c2ccccc12)NC(=O)[C@H](CS)NC(=O)[C@H](CCC(=O)O)NC(=O)[C@@H](NC(=O)[C@H](CS)NC(=O)[C@H](C)NC(=O)CN(C)C(=O)CCN)[C@@H](C)O)C(C)C)C(C)C)C(=O)O. The summed E-state index contributed by atoms with van der Waals surface area (Å²) in [7, 11) is 1.35. The maximum Gasteiger partial charge on any atom is 0.326 e. The minimum Gasteiger partial charge on any atom is -0.481 e. The average Bonchev–Trinajstić information content (AvgIpc) is 1.73. The van der Waals surface area contributed by atoms with Gasteiger partial charge in [0.15, 0.2) is 5.78 Å². The Morgan fingerprint density at radius 2 is 1.01 bits per heavy atom. The van der Waals surface area contributed by atoms with Gasteiger partial charge in [0.05, 0.1) is 25.1 Å². The van der Waals surface area contributed by atoms with Crippen molar-refractivity contribution in [2.45, 2.75) is 198 Å². The number of ketones is 1. The molecule has 0 bridgehead atoms. The molecule has 19 N–H and O–H groups in total. The Morgan fingerprint density at radius 3 is 1.52 bits per heavy atom. The Kier molecular flexibility index (Phi) is 35.8. The highest BCUT2D eigenvalue weighted by Crippen LogP contribution is 2.24. The number of para-hydroxylation sites is 2. The monoisotopic (exact) mass is 1590 g/mol. The molecule has 37 nitrogen and oxygen atoms in total. The van der Waals surface area contributed by atoms with Gasteiger partial charge in [0.25, 0.3) is 0 Å². The summed E-state index contributed by atoms with van der Waals surface area (Å²) < 4.78 is 0. The van der Waals surface area contributed by atoms with Crippen molar-refractivity contribution in [2.24, 2.45) is 17.6 Å². The number of likely N-dealkylation sites (N-methyl/N-ethyl adjacent to an activating group) is 1. The molecule has 39 heteroatoms. The molecule has 13 amide bonds. The van der Waals surface area contributed by atoms with Crippen molar-refractivity contribution in [3.63, 3.8) is 0 Å². The highest BCUT2D eigenvalue weighted by Gasteiger charge is 2.42. The van der Waals surface area contributed by atoms with Gasteiger partial charge in [-0.15, -0.1) is 0 Å². The zero-order valence-corrected chi connectivity index (χ0v) is 64.6. The lowest BCUT2D eigenvalue weighted by molar-refractivity contribution is -0.145. The Morgan fingerprint density at radius 1 is 0.532 bits per heavy atom. The summed E-state index contributed by atoms with van der Waals surface area (Å²) in [5, 5.41) is 68.4.